The molecular formula is C14H15BrN2OS. The number of thiophene rings is 1. The average molecular weight is 339 g/mol. The Balaban J connectivity index is 2.16. The predicted molar refractivity (Wildman–Crippen MR) is 81.3 cm³/mol. The van der Waals surface area contributed by atoms with Crippen molar-refractivity contribution in [2.75, 3.05) is 0 Å². The third-order valence-corrected chi connectivity index (χ3v) is 4.16. The van der Waals surface area contributed by atoms with Gasteiger partial charge in [0.2, 0.25) is 0 Å². The Labute approximate surface area is 125 Å². The molecule has 19 heavy (non-hydrogen) atoms. The Morgan fingerprint density at radius 1 is 1.42 bits per heavy atom. The zero-order valence-corrected chi connectivity index (χ0v) is 13.2. The summed E-state index contributed by atoms with van der Waals surface area (Å²) in [5.41, 5.74) is 0.566. The maximum Gasteiger partial charge on any atom is 0.253 e. The second-order valence-corrected chi connectivity index (χ2v) is 6.50. The summed E-state index contributed by atoms with van der Waals surface area (Å²) >= 11 is 4.98. The molecule has 0 saturated carbocycles. The van der Waals surface area contributed by atoms with Gasteiger partial charge in [0, 0.05) is 21.7 Å². The molecule has 2 aromatic heterocycles. The van der Waals surface area contributed by atoms with E-state index in [1.807, 2.05) is 11.4 Å². The highest BCUT2D eigenvalue weighted by Gasteiger charge is 2.20. The van der Waals surface area contributed by atoms with E-state index in [2.05, 4.69) is 46.1 Å². The lowest BCUT2D eigenvalue weighted by Crippen LogP contribution is -2.31. The molecule has 1 atom stereocenters. The fraction of sp³-hybridized carbons (Fsp3) is 0.286. The minimum atomic E-state index is -0.0964. The number of aromatic nitrogens is 1. The van der Waals surface area contributed by atoms with Crippen molar-refractivity contribution in [1.82, 2.24) is 10.3 Å². The number of rotatable bonds is 4. The third kappa shape index (κ3) is 3.64. The lowest BCUT2D eigenvalue weighted by Gasteiger charge is -2.21. The van der Waals surface area contributed by atoms with Gasteiger partial charge in [0.05, 0.1) is 11.6 Å². The fourth-order valence-electron chi connectivity index (χ4n) is 1.80. The zero-order valence-electron chi connectivity index (χ0n) is 10.8. The van der Waals surface area contributed by atoms with Gasteiger partial charge in [-0.2, -0.15) is 0 Å². The molecule has 2 aromatic rings. The first kappa shape index (κ1) is 14.2. The zero-order chi connectivity index (χ0) is 13.8. The second kappa shape index (κ2) is 6.30. The Kier molecular flexibility index (Phi) is 4.71. The van der Waals surface area contributed by atoms with E-state index in [9.17, 15) is 4.79 Å². The highest BCUT2D eigenvalue weighted by atomic mass is 79.9. The van der Waals surface area contributed by atoms with Crippen LogP contribution in [0.2, 0.25) is 0 Å². The molecule has 100 valence electrons. The standard InChI is InChI=1S/C14H15BrN2OS/c1-9(2)13(12-4-3-5-19-12)17-14(18)10-6-11(15)8-16-7-10/h3-9,13H,1-2H3,(H,17,18)/t13-/m0/s1. The Hall–Kier alpha value is -1.20. The molecule has 5 heteroatoms. The average Bonchev–Trinajstić information content (AvgIpc) is 2.88. The summed E-state index contributed by atoms with van der Waals surface area (Å²) in [6, 6.07) is 5.86. The third-order valence-electron chi connectivity index (χ3n) is 2.77. The molecule has 3 nitrogen and oxygen atoms in total. The van der Waals surface area contributed by atoms with Crippen LogP contribution in [0.3, 0.4) is 0 Å². The number of amides is 1. The molecule has 2 heterocycles. The van der Waals surface area contributed by atoms with Crippen LogP contribution in [0.4, 0.5) is 0 Å². The highest BCUT2D eigenvalue weighted by molar-refractivity contribution is 9.10. The molecule has 0 fully saturated rings. The molecule has 0 aliphatic heterocycles. The fourth-order valence-corrected chi connectivity index (χ4v) is 3.11. The van der Waals surface area contributed by atoms with Crippen molar-refractivity contribution < 1.29 is 4.79 Å². The van der Waals surface area contributed by atoms with E-state index in [4.69, 9.17) is 0 Å². The Morgan fingerprint density at radius 3 is 2.79 bits per heavy atom. The molecule has 0 radical (unpaired) electrons. The van der Waals surface area contributed by atoms with Crippen LogP contribution in [0.1, 0.15) is 35.1 Å². The normalized spacial score (nSPS) is 12.4. The first-order valence-corrected chi connectivity index (χ1v) is 7.70. The summed E-state index contributed by atoms with van der Waals surface area (Å²) in [5, 5.41) is 5.10. The van der Waals surface area contributed by atoms with Crippen LogP contribution in [0.25, 0.3) is 0 Å². The van der Waals surface area contributed by atoms with Gasteiger partial charge in [0.15, 0.2) is 0 Å². The molecule has 0 spiro atoms. The summed E-state index contributed by atoms with van der Waals surface area (Å²) in [6.45, 7) is 4.20. The minimum Gasteiger partial charge on any atom is -0.344 e. The molecule has 0 aliphatic carbocycles. The molecule has 0 aromatic carbocycles. The van der Waals surface area contributed by atoms with Crippen molar-refractivity contribution in [1.29, 1.82) is 0 Å². The first-order valence-electron chi connectivity index (χ1n) is 6.02. The molecule has 1 amide bonds. The van der Waals surface area contributed by atoms with Crippen molar-refractivity contribution in [3.63, 3.8) is 0 Å². The largest absolute Gasteiger partial charge is 0.344 e. The van der Waals surface area contributed by atoms with Crippen LogP contribution in [0.5, 0.6) is 0 Å². The molecule has 0 unspecified atom stereocenters. The number of carbonyl (C=O) groups excluding carboxylic acids is 1. The van der Waals surface area contributed by atoms with Gasteiger partial charge < -0.3 is 5.32 Å². The quantitative estimate of drug-likeness (QED) is 0.914. The molecule has 2 rings (SSSR count). The number of hydrogen-bond donors (Lipinski definition) is 1. The maximum atomic E-state index is 12.2. The van der Waals surface area contributed by atoms with Crippen LogP contribution < -0.4 is 5.32 Å². The van der Waals surface area contributed by atoms with E-state index in [1.165, 1.54) is 4.88 Å². The number of hydrogen-bond acceptors (Lipinski definition) is 3. The summed E-state index contributed by atoms with van der Waals surface area (Å²) < 4.78 is 0.803. The van der Waals surface area contributed by atoms with E-state index in [0.29, 0.717) is 11.5 Å². The topological polar surface area (TPSA) is 42.0 Å². The number of nitrogens with zero attached hydrogens (tertiary/aromatic N) is 1. The van der Waals surface area contributed by atoms with Gasteiger partial charge in [-0.1, -0.05) is 19.9 Å². The van der Waals surface area contributed by atoms with E-state index < -0.39 is 0 Å². The van der Waals surface area contributed by atoms with Gasteiger partial charge in [-0.15, -0.1) is 11.3 Å². The summed E-state index contributed by atoms with van der Waals surface area (Å²) in [5.74, 6) is 0.239. The van der Waals surface area contributed by atoms with Crippen molar-refractivity contribution in [3.05, 3.63) is 50.9 Å². The minimum absolute atomic E-state index is 0.0338. The van der Waals surface area contributed by atoms with Crippen molar-refractivity contribution in [2.45, 2.75) is 19.9 Å². The lowest BCUT2D eigenvalue weighted by molar-refractivity contribution is 0.0926. The van der Waals surface area contributed by atoms with Crippen LogP contribution in [0, 0.1) is 5.92 Å². The number of pyridine rings is 1. The summed E-state index contributed by atoms with van der Waals surface area (Å²) in [4.78, 5) is 17.4. The van der Waals surface area contributed by atoms with E-state index >= 15 is 0 Å². The lowest BCUT2D eigenvalue weighted by atomic mass is 10.0. The van der Waals surface area contributed by atoms with Gasteiger partial charge in [-0.3, -0.25) is 9.78 Å². The summed E-state index contributed by atoms with van der Waals surface area (Å²) in [7, 11) is 0. The van der Waals surface area contributed by atoms with E-state index in [-0.39, 0.29) is 11.9 Å². The second-order valence-electron chi connectivity index (χ2n) is 4.60. The smallest absolute Gasteiger partial charge is 0.253 e. The molecule has 1 N–H and O–H groups in total. The van der Waals surface area contributed by atoms with Gasteiger partial charge in [-0.25, -0.2) is 0 Å². The van der Waals surface area contributed by atoms with Gasteiger partial charge in [0.1, 0.15) is 0 Å². The number of carbonyl (C=O) groups is 1. The van der Waals surface area contributed by atoms with Crippen molar-refractivity contribution >= 4 is 33.2 Å². The SMILES string of the molecule is CC(C)[C@H](NC(=O)c1cncc(Br)c1)c1cccs1. The molecule has 0 saturated heterocycles. The van der Waals surface area contributed by atoms with E-state index in [1.54, 1.807) is 29.8 Å². The maximum absolute atomic E-state index is 12.2. The number of nitrogens with one attached hydrogen (secondary N) is 1. The Morgan fingerprint density at radius 2 is 2.21 bits per heavy atom. The molecule has 0 bridgehead atoms. The van der Waals surface area contributed by atoms with Crippen LogP contribution in [-0.4, -0.2) is 10.9 Å². The summed E-state index contributed by atoms with van der Waals surface area (Å²) in [6.07, 6.45) is 3.24. The van der Waals surface area contributed by atoms with Crippen molar-refractivity contribution in [2.24, 2.45) is 5.92 Å². The van der Waals surface area contributed by atoms with Gasteiger partial charge in [0.25, 0.3) is 5.91 Å². The van der Waals surface area contributed by atoms with Crippen molar-refractivity contribution in [3.8, 4) is 0 Å². The predicted octanol–water partition coefficient (Wildman–Crippen LogP) is 4.03. The molecule has 0 aliphatic rings. The van der Waals surface area contributed by atoms with Crippen LogP contribution >= 0.6 is 27.3 Å². The van der Waals surface area contributed by atoms with Gasteiger partial charge >= 0.3 is 0 Å². The Bertz CT molecular complexity index is 554. The number of halogens is 1. The van der Waals surface area contributed by atoms with E-state index in [0.717, 1.165) is 4.47 Å². The van der Waals surface area contributed by atoms with Crippen LogP contribution in [0.15, 0.2) is 40.4 Å². The monoisotopic (exact) mass is 338 g/mol. The highest BCUT2D eigenvalue weighted by Crippen LogP contribution is 2.26. The van der Waals surface area contributed by atoms with Crippen LogP contribution in [-0.2, 0) is 0 Å². The van der Waals surface area contributed by atoms with Gasteiger partial charge in [-0.05, 0) is 39.4 Å². The first-order chi connectivity index (χ1) is 9.08. The molecular weight excluding hydrogens is 324 g/mol.